The third-order valence-corrected chi connectivity index (χ3v) is 7.37. The first-order chi connectivity index (χ1) is 14.7. The maximum Gasteiger partial charge on any atom is 0.416 e. The van der Waals surface area contributed by atoms with Gasteiger partial charge in [-0.1, -0.05) is 41.9 Å². The number of halogens is 10. The Morgan fingerprint density at radius 3 is 1.15 bits per heavy atom. The van der Waals surface area contributed by atoms with Crippen LogP contribution in [0, 0.1) is 0 Å². The van der Waals surface area contributed by atoms with Gasteiger partial charge in [-0.15, -0.1) is 0 Å². The van der Waals surface area contributed by atoms with Gasteiger partial charge in [0, 0.05) is 32.7 Å². The molecular weight excluding hydrogens is 687 g/mol. The van der Waals surface area contributed by atoms with Crippen molar-refractivity contribution in [2.45, 2.75) is 18.5 Å². The molecule has 0 heterocycles. The first-order valence-corrected chi connectivity index (χ1v) is 10.4. The van der Waals surface area contributed by atoms with E-state index in [0.29, 0.717) is 6.07 Å². The molecule has 0 N–H and O–H groups in total. The summed E-state index contributed by atoms with van der Waals surface area (Å²) in [5, 5.41) is 0.406. The van der Waals surface area contributed by atoms with Crippen molar-refractivity contribution in [3.05, 3.63) is 88.4 Å². The summed E-state index contributed by atoms with van der Waals surface area (Å²) in [5.41, 5.74) is -2.91. The summed E-state index contributed by atoms with van der Waals surface area (Å²) in [7, 11) is -1.85. The second kappa shape index (κ2) is 10.0. The van der Waals surface area contributed by atoms with Gasteiger partial charge in [0.25, 0.3) is 0 Å². The van der Waals surface area contributed by atoms with Crippen molar-refractivity contribution >= 4 is 35.4 Å². The minimum Gasteiger partial charge on any atom is -0.166 e. The maximum absolute atomic E-state index is 13.0. The van der Waals surface area contributed by atoms with E-state index in [9.17, 15) is 39.5 Å². The molecule has 3 aromatic carbocycles. The maximum atomic E-state index is 13.0. The van der Waals surface area contributed by atoms with Crippen LogP contribution in [0.3, 0.4) is 0 Å². The van der Waals surface area contributed by atoms with Crippen LogP contribution in [0.15, 0.2) is 66.7 Å². The fourth-order valence-electron chi connectivity index (χ4n) is 2.89. The number of hydrogen-bond donors (Lipinski definition) is 0. The molecule has 0 spiro atoms. The van der Waals surface area contributed by atoms with Gasteiger partial charge in [0.05, 0.1) is 16.7 Å². The van der Waals surface area contributed by atoms with Crippen LogP contribution in [-0.4, -0.2) is 0 Å². The molecule has 12 heteroatoms. The summed E-state index contributed by atoms with van der Waals surface area (Å²) in [5.74, 6) is 0. The first-order valence-electron chi connectivity index (χ1n) is 8.69. The third kappa shape index (κ3) is 6.55. The van der Waals surface area contributed by atoms with Crippen LogP contribution in [0.5, 0.6) is 0 Å². The number of benzene rings is 3. The van der Waals surface area contributed by atoms with Crippen LogP contribution < -0.4 is 15.9 Å². The molecule has 0 unspecified atom stereocenters. The van der Waals surface area contributed by atoms with Gasteiger partial charge in [-0.3, -0.25) is 0 Å². The Balaban J connectivity index is 0.00000385. The fraction of sp³-hybridized carbons (Fsp3) is 0.143. The van der Waals surface area contributed by atoms with Crippen LogP contribution in [-0.2, 0) is 40.9 Å². The Morgan fingerprint density at radius 1 is 0.515 bits per heavy atom. The van der Waals surface area contributed by atoms with E-state index < -0.39 is 43.1 Å². The summed E-state index contributed by atoms with van der Waals surface area (Å²) < 4.78 is 116. The summed E-state index contributed by atoms with van der Waals surface area (Å²) in [6.45, 7) is 0. The SMILES string of the molecule is FC(F)(F)c1ccc(P(c2ccc(C(F)(F)F)cc2)c2ccc(C(F)(F)F)cc2Cl)cc1.[Au]. The van der Waals surface area contributed by atoms with Crippen molar-refractivity contribution in [2.75, 3.05) is 0 Å². The molecule has 1 radical (unpaired) electrons. The first kappa shape index (κ1) is 27.7. The van der Waals surface area contributed by atoms with Crippen molar-refractivity contribution in [1.29, 1.82) is 0 Å². The third-order valence-electron chi connectivity index (χ3n) is 4.42. The predicted molar refractivity (Wildman–Crippen MR) is 105 cm³/mol. The van der Waals surface area contributed by atoms with Crippen LogP contribution in [0.1, 0.15) is 16.7 Å². The largest absolute Gasteiger partial charge is 0.416 e. The molecule has 0 amide bonds. The standard InChI is InChI=1S/C21H11ClF9P.Au/c22-17-11-14(21(29,30)31)5-10-18(17)32(15-6-1-12(2-7-15)19(23,24)25)16-8-3-13(4-9-16)20(26,27)28;/h1-11H;. The number of rotatable bonds is 3. The Bertz CT molecular complexity index is 1030. The summed E-state index contributed by atoms with van der Waals surface area (Å²) in [6, 6.07) is 10.3. The van der Waals surface area contributed by atoms with Gasteiger partial charge in [0.2, 0.25) is 0 Å². The zero-order chi connectivity index (χ0) is 23.9. The van der Waals surface area contributed by atoms with E-state index in [4.69, 9.17) is 11.6 Å². The van der Waals surface area contributed by atoms with Crippen molar-refractivity contribution in [2.24, 2.45) is 0 Å². The quantitative estimate of drug-likeness (QED) is 0.155. The van der Waals surface area contributed by atoms with Crippen molar-refractivity contribution in [1.82, 2.24) is 0 Å². The van der Waals surface area contributed by atoms with Gasteiger partial charge in [-0.05, 0) is 54.9 Å². The zero-order valence-corrected chi connectivity index (χ0v) is 19.7. The summed E-state index contributed by atoms with van der Waals surface area (Å²) >= 11 is 6.09. The Labute approximate surface area is 204 Å². The molecule has 0 saturated carbocycles. The predicted octanol–water partition coefficient (Wildman–Crippen LogP) is 7.15. The molecule has 33 heavy (non-hydrogen) atoms. The Hall–Kier alpha value is -1.51. The van der Waals surface area contributed by atoms with E-state index >= 15 is 0 Å². The topological polar surface area (TPSA) is 0 Å². The van der Waals surface area contributed by atoms with E-state index in [1.807, 2.05) is 0 Å². The Morgan fingerprint density at radius 2 is 0.848 bits per heavy atom. The fourth-order valence-corrected chi connectivity index (χ4v) is 5.58. The summed E-state index contributed by atoms with van der Waals surface area (Å²) in [4.78, 5) is 0. The molecular formula is C21H11AuClF9P. The van der Waals surface area contributed by atoms with E-state index in [2.05, 4.69) is 0 Å². The molecule has 0 aliphatic rings. The van der Waals surface area contributed by atoms with Gasteiger partial charge >= 0.3 is 18.5 Å². The molecule has 0 atom stereocenters. The smallest absolute Gasteiger partial charge is 0.166 e. The molecule has 0 aromatic heterocycles. The van der Waals surface area contributed by atoms with Gasteiger partial charge in [0.1, 0.15) is 0 Å². The summed E-state index contributed by atoms with van der Waals surface area (Å²) in [6.07, 6.45) is -13.9. The van der Waals surface area contributed by atoms with Gasteiger partial charge < -0.3 is 0 Å². The van der Waals surface area contributed by atoms with E-state index in [1.54, 1.807) is 0 Å². The average molecular weight is 698 g/mol. The molecule has 0 aliphatic carbocycles. The number of hydrogen-bond acceptors (Lipinski definition) is 0. The van der Waals surface area contributed by atoms with E-state index in [0.717, 1.165) is 60.7 Å². The van der Waals surface area contributed by atoms with Crippen molar-refractivity contribution in [3.63, 3.8) is 0 Å². The zero-order valence-electron chi connectivity index (χ0n) is 15.9. The van der Waals surface area contributed by atoms with E-state index in [-0.39, 0.29) is 43.3 Å². The van der Waals surface area contributed by atoms with Crippen LogP contribution in [0.2, 0.25) is 5.02 Å². The minimum atomic E-state index is -4.67. The van der Waals surface area contributed by atoms with Crippen molar-refractivity contribution < 1.29 is 61.9 Å². The minimum absolute atomic E-state index is 0. The average Bonchev–Trinajstić information content (AvgIpc) is 2.68. The molecule has 3 rings (SSSR count). The molecule has 0 aliphatic heterocycles. The van der Waals surface area contributed by atoms with Crippen molar-refractivity contribution in [3.8, 4) is 0 Å². The Kier molecular flexibility index (Phi) is 8.41. The molecule has 0 nitrogen and oxygen atoms in total. The molecule has 181 valence electrons. The normalized spacial score (nSPS) is 12.6. The molecule has 3 aromatic rings. The second-order valence-electron chi connectivity index (χ2n) is 6.59. The number of alkyl halides is 9. The van der Waals surface area contributed by atoms with Crippen LogP contribution in [0.4, 0.5) is 39.5 Å². The molecule has 0 bridgehead atoms. The van der Waals surface area contributed by atoms with Crippen LogP contribution in [0.25, 0.3) is 0 Å². The molecule has 0 fully saturated rings. The monoisotopic (exact) mass is 697 g/mol. The van der Waals surface area contributed by atoms with Gasteiger partial charge in [0.15, 0.2) is 0 Å². The van der Waals surface area contributed by atoms with E-state index in [1.165, 1.54) is 0 Å². The second-order valence-corrected chi connectivity index (χ2v) is 9.18. The van der Waals surface area contributed by atoms with Gasteiger partial charge in [-0.25, -0.2) is 0 Å². The van der Waals surface area contributed by atoms with Crippen LogP contribution >= 0.6 is 19.5 Å². The molecule has 0 saturated heterocycles. The van der Waals surface area contributed by atoms with Gasteiger partial charge in [-0.2, -0.15) is 39.5 Å².